The average Bonchev–Trinajstić information content (AvgIpc) is 2.53. The first-order valence-corrected chi connectivity index (χ1v) is 9.72. The summed E-state index contributed by atoms with van der Waals surface area (Å²) in [5, 5.41) is 7.69. The molecule has 1 amide bonds. The highest BCUT2D eigenvalue weighted by Crippen LogP contribution is 2.15. The lowest BCUT2D eigenvalue weighted by molar-refractivity contribution is -0.113. The Labute approximate surface area is 144 Å². The molecular weight excluding hydrogens is 358 g/mol. The number of sulfonamides is 1. The second kappa shape index (κ2) is 8.06. The van der Waals surface area contributed by atoms with Gasteiger partial charge in [0.2, 0.25) is 15.9 Å². The molecule has 0 aliphatic carbocycles. The molecule has 1 heterocycles. The maximum absolute atomic E-state index is 11.9. The third-order valence-corrected chi connectivity index (χ3v) is 5.52. The normalized spacial score (nSPS) is 15.3. The second-order valence-corrected chi connectivity index (χ2v) is 7.94. The molecule has 1 aliphatic rings. The van der Waals surface area contributed by atoms with Crippen LogP contribution >= 0.6 is 24.0 Å². The van der Waals surface area contributed by atoms with E-state index in [9.17, 15) is 13.2 Å². The van der Waals surface area contributed by atoms with E-state index in [-0.39, 0.29) is 16.6 Å². The van der Waals surface area contributed by atoms with Gasteiger partial charge in [0.15, 0.2) is 0 Å². The number of nitrogens with zero attached hydrogens (tertiary/aromatic N) is 1. The lowest BCUT2D eigenvalue weighted by atomic mass is 10.3. The third kappa shape index (κ3) is 5.74. The maximum atomic E-state index is 11.9. The van der Waals surface area contributed by atoms with Gasteiger partial charge in [-0.05, 0) is 24.3 Å². The second-order valence-electron chi connectivity index (χ2n) is 4.77. The zero-order chi connectivity index (χ0) is 16.9. The van der Waals surface area contributed by atoms with Crippen LogP contribution in [0.15, 0.2) is 29.2 Å². The van der Waals surface area contributed by atoms with Gasteiger partial charge in [-0.3, -0.25) is 4.79 Å². The molecule has 23 heavy (non-hydrogen) atoms. The molecule has 2 rings (SSSR count). The van der Waals surface area contributed by atoms with Crippen molar-refractivity contribution < 1.29 is 17.9 Å². The van der Waals surface area contributed by atoms with Gasteiger partial charge in [0.05, 0.1) is 23.9 Å². The summed E-state index contributed by atoms with van der Waals surface area (Å²) in [6.07, 6.45) is 0. The van der Waals surface area contributed by atoms with Crippen LogP contribution < -0.4 is 10.5 Å². The largest absolute Gasteiger partial charge is 0.378 e. The van der Waals surface area contributed by atoms with E-state index in [1.54, 1.807) is 0 Å². The Morgan fingerprint density at radius 2 is 1.91 bits per heavy atom. The molecule has 0 spiro atoms. The zero-order valence-electron chi connectivity index (χ0n) is 12.2. The first kappa shape index (κ1) is 18.1. The highest BCUT2D eigenvalue weighted by molar-refractivity contribution is 8.23. The number of morpholine rings is 1. The number of carbonyl (C=O) groups is 1. The predicted molar refractivity (Wildman–Crippen MR) is 93.9 cm³/mol. The predicted octanol–water partition coefficient (Wildman–Crippen LogP) is 0.623. The van der Waals surface area contributed by atoms with Crippen molar-refractivity contribution in [3.63, 3.8) is 0 Å². The van der Waals surface area contributed by atoms with Crippen LogP contribution in [0.5, 0.6) is 0 Å². The van der Waals surface area contributed by atoms with Crippen LogP contribution in [-0.2, 0) is 19.6 Å². The number of ether oxygens (including phenoxy) is 1. The summed E-state index contributed by atoms with van der Waals surface area (Å²) in [6.45, 7) is 2.76. The Hall–Kier alpha value is -1.20. The summed E-state index contributed by atoms with van der Waals surface area (Å²) in [4.78, 5) is 13.9. The van der Waals surface area contributed by atoms with Gasteiger partial charge in [0.25, 0.3) is 0 Å². The number of nitrogens with two attached hydrogens (primary N) is 1. The minimum absolute atomic E-state index is 0.00151. The molecule has 7 nitrogen and oxygen atoms in total. The van der Waals surface area contributed by atoms with Crippen LogP contribution in [0.2, 0.25) is 0 Å². The number of rotatable bonds is 4. The molecule has 0 radical (unpaired) electrons. The minimum Gasteiger partial charge on any atom is -0.378 e. The van der Waals surface area contributed by atoms with Crippen molar-refractivity contribution in [1.29, 1.82) is 0 Å². The maximum Gasteiger partial charge on any atom is 0.238 e. The smallest absolute Gasteiger partial charge is 0.238 e. The van der Waals surface area contributed by atoms with E-state index < -0.39 is 10.0 Å². The molecule has 1 saturated heterocycles. The van der Waals surface area contributed by atoms with E-state index >= 15 is 0 Å². The molecule has 1 aliphatic heterocycles. The van der Waals surface area contributed by atoms with E-state index in [0.717, 1.165) is 13.1 Å². The molecule has 1 fully saturated rings. The number of thiocarbonyl (C=S) groups is 1. The van der Waals surface area contributed by atoms with E-state index in [1.165, 1.54) is 36.0 Å². The lowest BCUT2D eigenvalue weighted by Crippen LogP contribution is -2.39. The fourth-order valence-electron chi connectivity index (χ4n) is 1.89. The van der Waals surface area contributed by atoms with E-state index in [0.29, 0.717) is 23.2 Å². The molecule has 10 heteroatoms. The van der Waals surface area contributed by atoms with E-state index in [1.807, 2.05) is 4.90 Å². The van der Waals surface area contributed by atoms with Crippen LogP contribution in [-0.4, -0.2) is 55.6 Å². The van der Waals surface area contributed by atoms with E-state index in [2.05, 4.69) is 5.32 Å². The Morgan fingerprint density at radius 3 is 2.48 bits per heavy atom. The quantitative estimate of drug-likeness (QED) is 0.744. The SMILES string of the molecule is NS(=O)(=O)c1ccc(NC(=O)CSC(=S)N2CCOCC2)cc1. The molecule has 0 saturated carbocycles. The Morgan fingerprint density at radius 1 is 1.30 bits per heavy atom. The Kier molecular flexibility index (Phi) is 6.36. The van der Waals surface area contributed by atoms with Gasteiger partial charge in [-0.1, -0.05) is 24.0 Å². The highest BCUT2D eigenvalue weighted by Gasteiger charge is 2.15. The highest BCUT2D eigenvalue weighted by atomic mass is 32.2. The van der Waals surface area contributed by atoms with Crippen molar-refractivity contribution >= 4 is 49.9 Å². The Bertz CT molecular complexity index is 670. The molecule has 1 aromatic rings. The molecule has 0 aromatic heterocycles. The third-order valence-electron chi connectivity index (χ3n) is 3.06. The lowest BCUT2D eigenvalue weighted by Gasteiger charge is -2.28. The van der Waals surface area contributed by atoms with Crippen molar-refractivity contribution in [2.45, 2.75) is 4.90 Å². The molecular formula is C13H17N3O4S3. The number of thioether (sulfide) groups is 1. The summed E-state index contributed by atoms with van der Waals surface area (Å²) >= 11 is 6.58. The van der Waals surface area contributed by atoms with Crippen LogP contribution in [0.25, 0.3) is 0 Å². The van der Waals surface area contributed by atoms with Crippen molar-refractivity contribution in [2.24, 2.45) is 5.14 Å². The molecule has 126 valence electrons. The van der Waals surface area contributed by atoms with E-state index in [4.69, 9.17) is 22.1 Å². The average molecular weight is 375 g/mol. The summed E-state index contributed by atoms with van der Waals surface area (Å²) < 4.78 is 28.2. The number of anilines is 1. The van der Waals surface area contributed by atoms with Gasteiger partial charge in [-0.15, -0.1) is 0 Å². The topological polar surface area (TPSA) is 102 Å². The number of hydrogen-bond donors (Lipinski definition) is 2. The van der Waals surface area contributed by atoms with Gasteiger partial charge in [0, 0.05) is 18.8 Å². The fraction of sp³-hybridized carbons (Fsp3) is 0.385. The standard InChI is InChI=1S/C13H17N3O4S3/c14-23(18,19)11-3-1-10(2-4-11)15-12(17)9-22-13(21)16-5-7-20-8-6-16/h1-4H,5-9H2,(H,15,17)(H2,14,18,19). The minimum atomic E-state index is -3.73. The Balaban J connectivity index is 1.81. The van der Waals surface area contributed by atoms with Gasteiger partial charge in [-0.25, -0.2) is 13.6 Å². The molecule has 0 unspecified atom stereocenters. The molecule has 0 atom stereocenters. The van der Waals surface area contributed by atoms with Crippen molar-refractivity contribution in [1.82, 2.24) is 4.90 Å². The van der Waals surface area contributed by atoms with Gasteiger partial charge >= 0.3 is 0 Å². The zero-order valence-corrected chi connectivity index (χ0v) is 14.7. The van der Waals surface area contributed by atoms with Gasteiger partial charge < -0.3 is 15.0 Å². The number of nitrogens with one attached hydrogen (secondary N) is 1. The van der Waals surface area contributed by atoms with Crippen LogP contribution in [0.1, 0.15) is 0 Å². The fourth-order valence-corrected chi connectivity index (χ4v) is 3.46. The number of benzene rings is 1. The molecule has 0 bridgehead atoms. The van der Waals surface area contributed by atoms with Crippen LogP contribution in [0.3, 0.4) is 0 Å². The summed E-state index contributed by atoms with van der Waals surface area (Å²) in [7, 11) is -3.73. The number of hydrogen-bond acceptors (Lipinski definition) is 6. The first-order valence-electron chi connectivity index (χ1n) is 6.78. The van der Waals surface area contributed by atoms with Crippen molar-refractivity contribution in [2.75, 3.05) is 37.4 Å². The number of primary sulfonamides is 1. The number of amides is 1. The van der Waals surface area contributed by atoms with Crippen molar-refractivity contribution in [3.05, 3.63) is 24.3 Å². The summed E-state index contributed by atoms with van der Waals surface area (Å²) in [6, 6.07) is 5.66. The summed E-state index contributed by atoms with van der Waals surface area (Å²) in [5.41, 5.74) is 0.500. The van der Waals surface area contributed by atoms with Crippen LogP contribution in [0, 0.1) is 0 Å². The number of carbonyl (C=O) groups excluding carboxylic acids is 1. The molecule has 1 aromatic carbocycles. The van der Waals surface area contributed by atoms with Crippen molar-refractivity contribution in [3.8, 4) is 0 Å². The molecule has 3 N–H and O–H groups in total. The van der Waals surface area contributed by atoms with Gasteiger partial charge in [-0.2, -0.15) is 0 Å². The summed E-state index contributed by atoms with van der Waals surface area (Å²) in [5.74, 6) is -0.0263. The first-order chi connectivity index (χ1) is 10.9. The monoisotopic (exact) mass is 375 g/mol. The van der Waals surface area contributed by atoms with Crippen LogP contribution in [0.4, 0.5) is 5.69 Å². The van der Waals surface area contributed by atoms with Gasteiger partial charge in [0.1, 0.15) is 4.32 Å².